The van der Waals surface area contributed by atoms with Crippen LogP contribution >= 0.6 is 0 Å². The Balaban J connectivity index is 3.05. The molecule has 0 bridgehead atoms. The Morgan fingerprint density at radius 1 is 1.27 bits per heavy atom. The number of methoxy groups -OCH3 is 1. The fraction of sp³-hybridized carbons (Fsp3) is 0.750. The Bertz CT molecular complexity index is 197. The maximum absolute atomic E-state index is 10.5. The third-order valence-corrected chi connectivity index (χ3v) is 1.47. The molecule has 0 fully saturated rings. The van der Waals surface area contributed by atoms with Gasteiger partial charge >= 0.3 is 12.2 Å². The van der Waals surface area contributed by atoms with Crippen molar-refractivity contribution < 1.29 is 24.2 Å². The van der Waals surface area contributed by atoms with Gasteiger partial charge in [-0.15, -0.1) is 0 Å². The summed E-state index contributed by atoms with van der Waals surface area (Å²) in [5, 5.41) is 13.4. The van der Waals surface area contributed by atoms with E-state index in [-0.39, 0.29) is 6.61 Å². The van der Waals surface area contributed by atoms with Crippen molar-refractivity contribution in [2.45, 2.75) is 6.42 Å². The van der Waals surface area contributed by atoms with Crippen LogP contribution in [-0.4, -0.2) is 50.7 Å². The maximum atomic E-state index is 10.5. The molecule has 0 aliphatic heterocycles. The molecule has 0 rings (SSSR count). The second-order valence-electron chi connectivity index (χ2n) is 2.64. The van der Waals surface area contributed by atoms with E-state index in [0.29, 0.717) is 26.1 Å². The van der Waals surface area contributed by atoms with Crippen molar-refractivity contribution in [3.63, 3.8) is 0 Å². The molecule has 1 amide bonds. The largest absolute Gasteiger partial charge is 0.508 e. The number of nitrogens with one attached hydrogen (secondary N) is 2. The molecule has 0 aliphatic rings. The highest BCUT2D eigenvalue weighted by molar-refractivity contribution is 5.64. The standard InChI is InChI=1S/C8H16N2O5/c1-14-8(13)15-6-5-9-3-2-4-10-7(11)12/h9-10H,2-6H2,1H3,(H,11,12). The van der Waals surface area contributed by atoms with Gasteiger partial charge in [-0.3, -0.25) is 0 Å². The lowest BCUT2D eigenvalue weighted by Gasteiger charge is -2.05. The Hall–Kier alpha value is -1.50. The second-order valence-corrected chi connectivity index (χ2v) is 2.64. The van der Waals surface area contributed by atoms with Crippen molar-refractivity contribution >= 4 is 12.2 Å². The summed E-state index contributed by atoms with van der Waals surface area (Å²) in [6.07, 6.45) is -1.04. The summed E-state index contributed by atoms with van der Waals surface area (Å²) in [4.78, 5) is 20.5. The average Bonchev–Trinajstić information content (AvgIpc) is 2.21. The molecule has 0 aromatic carbocycles. The minimum atomic E-state index is -1.02. The first-order chi connectivity index (χ1) is 7.16. The summed E-state index contributed by atoms with van der Waals surface area (Å²) >= 11 is 0. The molecule has 3 N–H and O–H groups in total. The summed E-state index contributed by atoms with van der Waals surface area (Å²) in [5.74, 6) is 0. The molecular weight excluding hydrogens is 204 g/mol. The molecule has 0 aromatic rings. The quantitative estimate of drug-likeness (QED) is 0.413. The van der Waals surface area contributed by atoms with E-state index in [1.54, 1.807) is 0 Å². The number of carboxylic acid groups (broad SMARTS) is 1. The van der Waals surface area contributed by atoms with Gasteiger partial charge in [0.05, 0.1) is 7.11 Å². The molecule has 0 heterocycles. The summed E-state index contributed by atoms with van der Waals surface area (Å²) in [6.45, 7) is 1.81. The maximum Gasteiger partial charge on any atom is 0.508 e. The van der Waals surface area contributed by atoms with Crippen molar-refractivity contribution in [1.29, 1.82) is 0 Å². The lowest BCUT2D eigenvalue weighted by Crippen LogP contribution is -2.27. The number of ether oxygens (including phenoxy) is 2. The van der Waals surface area contributed by atoms with Gasteiger partial charge in [0.2, 0.25) is 0 Å². The van der Waals surface area contributed by atoms with Gasteiger partial charge in [-0.2, -0.15) is 0 Å². The van der Waals surface area contributed by atoms with E-state index in [2.05, 4.69) is 20.1 Å². The molecule has 0 spiro atoms. The lowest BCUT2D eigenvalue weighted by molar-refractivity contribution is 0.0734. The van der Waals surface area contributed by atoms with Gasteiger partial charge in [0.1, 0.15) is 6.61 Å². The molecule has 7 heteroatoms. The minimum absolute atomic E-state index is 0.235. The second kappa shape index (κ2) is 9.07. The number of carbonyl (C=O) groups excluding carboxylic acids is 1. The van der Waals surface area contributed by atoms with Crippen LogP contribution in [0.25, 0.3) is 0 Å². The number of amides is 1. The Kier molecular flexibility index (Phi) is 8.16. The van der Waals surface area contributed by atoms with E-state index in [0.717, 1.165) is 0 Å². The first-order valence-electron chi connectivity index (χ1n) is 4.55. The molecule has 0 radical (unpaired) electrons. The van der Waals surface area contributed by atoms with E-state index < -0.39 is 12.2 Å². The molecule has 0 aliphatic carbocycles. The Morgan fingerprint density at radius 2 is 2.00 bits per heavy atom. The predicted molar refractivity (Wildman–Crippen MR) is 51.9 cm³/mol. The fourth-order valence-electron chi connectivity index (χ4n) is 0.799. The molecule has 0 aromatic heterocycles. The SMILES string of the molecule is COC(=O)OCCNCCCNC(=O)O. The average molecular weight is 220 g/mol. The van der Waals surface area contributed by atoms with Crippen LogP contribution in [0, 0.1) is 0 Å². The highest BCUT2D eigenvalue weighted by Crippen LogP contribution is 1.80. The third-order valence-electron chi connectivity index (χ3n) is 1.47. The summed E-state index contributed by atoms with van der Waals surface area (Å²) in [6, 6.07) is 0. The third kappa shape index (κ3) is 10.4. The predicted octanol–water partition coefficient (Wildman–Crippen LogP) is 0.0167. The molecule has 7 nitrogen and oxygen atoms in total. The zero-order valence-corrected chi connectivity index (χ0v) is 8.62. The molecule has 88 valence electrons. The first kappa shape index (κ1) is 13.5. The van der Waals surface area contributed by atoms with Crippen LogP contribution < -0.4 is 10.6 Å². The van der Waals surface area contributed by atoms with Crippen LogP contribution in [-0.2, 0) is 9.47 Å². The normalized spacial score (nSPS) is 9.40. The molecule has 15 heavy (non-hydrogen) atoms. The zero-order chi connectivity index (χ0) is 11.5. The Morgan fingerprint density at radius 3 is 2.60 bits per heavy atom. The molecular formula is C8H16N2O5. The van der Waals surface area contributed by atoms with Gasteiger partial charge in [0.15, 0.2) is 0 Å². The van der Waals surface area contributed by atoms with Gasteiger partial charge in [-0.1, -0.05) is 0 Å². The van der Waals surface area contributed by atoms with Crippen molar-refractivity contribution in [3.8, 4) is 0 Å². The zero-order valence-electron chi connectivity index (χ0n) is 8.62. The molecule has 0 atom stereocenters. The first-order valence-corrected chi connectivity index (χ1v) is 4.55. The van der Waals surface area contributed by atoms with E-state index in [9.17, 15) is 9.59 Å². The lowest BCUT2D eigenvalue weighted by atomic mass is 10.4. The van der Waals surface area contributed by atoms with Gasteiger partial charge < -0.3 is 25.2 Å². The number of carbonyl (C=O) groups is 2. The van der Waals surface area contributed by atoms with Crippen molar-refractivity contribution in [2.24, 2.45) is 0 Å². The van der Waals surface area contributed by atoms with Gasteiger partial charge in [-0.05, 0) is 13.0 Å². The monoisotopic (exact) mass is 220 g/mol. The van der Waals surface area contributed by atoms with E-state index >= 15 is 0 Å². The molecule has 0 unspecified atom stereocenters. The van der Waals surface area contributed by atoms with Crippen LogP contribution in [0.2, 0.25) is 0 Å². The topological polar surface area (TPSA) is 96.9 Å². The van der Waals surface area contributed by atoms with Crippen molar-refractivity contribution in [1.82, 2.24) is 10.6 Å². The van der Waals surface area contributed by atoms with E-state index in [4.69, 9.17) is 5.11 Å². The Labute approximate surface area is 87.7 Å². The van der Waals surface area contributed by atoms with Crippen molar-refractivity contribution in [3.05, 3.63) is 0 Å². The molecule has 0 saturated heterocycles. The van der Waals surface area contributed by atoms with Crippen LogP contribution in [0.1, 0.15) is 6.42 Å². The number of hydrogen-bond acceptors (Lipinski definition) is 5. The van der Waals surface area contributed by atoms with Crippen molar-refractivity contribution in [2.75, 3.05) is 33.4 Å². The van der Waals surface area contributed by atoms with Gasteiger partial charge in [0.25, 0.3) is 0 Å². The van der Waals surface area contributed by atoms with Gasteiger partial charge in [0, 0.05) is 13.1 Å². The summed E-state index contributed by atoms with van der Waals surface area (Å²) in [7, 11) is 1.24. The van der Waals surface area contributed by atoms with Crippen LogP contribution in [0.4, 0.5) is 9.59 Å². The summed E-state index contributed by atoms with van der Waals surface area (Å²) in [5.41, 5.74) is 0. The van der Waals surface area contributed by atoms with E-state index in [1.807, 2.05) is 0 Å². The highest BCUT2D eigenvalue weighted by atomic mass is 16.7. The smallest absolute Gasteiger partial charge is 0.465 e. The summed E-state index contributed by atoms with van der Waals surface area (Å²) < 4.78 is 8.86. The minimum Gasteiger partial charge on any atom is -0.465 e. The van der Waals surface area contributed by atoms with Crippen LogP contribution in [0.15, 0.2) is 0 Å². The van der Waals surface area contributed by atoms with Crippen LogP contribution in [0.5, 0.6) is 0 Å². The number of hydrogen-bond donors (Lipinski definition) is 3. The van der Waals surface area contributed by atoms with E-state index in [1.165, 1.54) is 7.11 Å². The molecule has 0 saturated carbocycles. The van der Waals surface area contributed by atoms with Gasteiger partial charge in [-0.25, -0.2) is 9.59 Å². The number of rotatable bonds is 7. The highest BCUT2D eigenvalue weighted by Gasteiger charge is 1.98. The van der Waals surface area contributed by atoms with Crippen LogP contribution in [0.3, 0.4) is 0 Å². The fourth-order valence-corrected chi connectivity index (χ4v) is 0.799.